The van der Waals surface area contributed by atoms with Crippen LogP contribution >= 0.6 is 16.1 Å². The lowest BCUT2D eigenvalue weighted by Crippen LogP contribution is -2.49. The minimum Gasteiger partial charge on any atom is -0.240 e. The van der Waals surface area contributed by atoms with Crippen LogP contribution in [0.3, 0.4) is 0 Å². The van der Waals surface area contributed by atoms with E-state index in [1.807, 2.05) is 0 Å². The predicted molar refractivity (Wildman–Crippen MR) is 353 cm³/mol. The van der Waals surface area contributed by atoms with Gasteiger partial charge in [0, 0.05) is 22.7 Å². The van der Waals surface area contributed by atoms with Gasteiger partial charge in [0.1, 0.15) is 0 Å². The molecule has 0 aliphatic heterocycles. The van der Waals surface area contributed by atoms with Crippen LogP contribution in [-0.2, 0) is 6.54 Å². The van der Waals surface area contributed by atoms with Gasteiger partial charge in [-0.1, -0.05) is 381 Å². The normalized spacial score (nSPS) is 12.7. The van der Waals surface area contributed by atoms with Gasteiger partial charge in [0.15, 0.2) is 0 Å². The predicted octanol–water partition coefficient (Wildman–Crippen LogP) is 18.1. The van der Waals surface area contributed by atoms with Crippen molar-refractivity contribution in [1.82, 2.24) is 4.44 Å². The van der Waals surface area contributed by atoms with E-state index in [4.69, 9.17) is 0 Å². The van der Waals surface area contributed by atoms with Gasteiger partial charge in [-0.05, 0) is 26.8 Å². The Morgan fingerprint density at radius 1 is 0.270 bits per heavy atom. The van der Waals surface area contributed by atoms with Crippen molar-refractivity contribution >= 4 is 90.4 Å². The Labute approximate surface area is 464 Å². The molecule has 0 saturated heterocycles. The highest BCUT2D eigenvalue weighted by Crippen LogP contribution is 2.55. The second-order valence-corrected chi connectivity index (χ2v) is 46.1. The zero-order valence-electron chi connectivity index (χ0n) is 49.6. The van der Waals surface area contributed by atoms with Crippen LogP contribution < -0.4 is 42.0 Å². The van der Waals surface area contributed by atoms with E-state index >= 15 is 0 Å². The fraction of sp³-hybridized carbons (Fsp3) is 0.552. The topological polar surface area (TPSA) is 3.24 Å². The van der Waals surface area contributed by atoms with Crippen molar-refractivity contribution in [2.24, 2.45) is 0 Å². The van der Waals surface area contributed by atoms with E-state index in [0.717, 1.165) is 6.54 Å². The lowest BCUT2D eigenvalue weighted by atomic mass is 10.2. The van der Waals surface area contributed by atoms with E-state index < -0.39 is 48.4 Å². The van der Waals surface area contributed by atoms with Crippen molar-refractivity contribution in [1.29, 1.82) is 0 Å². The summed E-state index contributed by atoms with van der Waals surface area (Å²) in [5.41, 5.74) is 1.42. The zero-order valence-corrected chi connectivity index (χ0v) is 55.4. The fourth-order valence-corrected chi connectivity index (χ4v) is 42.5. The average molecular weight is 1100 g/mol. The highest BCUT2D eigenvalue weighted by Gasteiger charge is 2.40. The summed E-state index contributed by atoms with van der Waals surface area (Å²) < 4.78 is 3.14. The zero-order chi connectivity index (χ0) is 53.5. The molecule has 0 radical (unpaired) electrons. The van der Waals surface area contributed by atoms with Gasteiger partial charge >= 0.3 is 0 Å². The molecule has 0 aliphatic carbocycles. The Balaban J connectivity index is 1.95. The lowest BCUT2D eigenvalue weighted by molar-refractivity contribution is 0.717. The van der Waals surface area contributed by atoms with Crippen molar-refractivity contribution < 1.29 is 0 Å². The summed E-state index contributed by atoms with van der Waals surface area (Å²) >= 11 is 0. The molecule has 5 aromatic rings. The molecule has 0 amide bonds. The summed E-state index contributed by atoms with van der Waals surface area (Å²) in [5, 5.41) is 13.0. The van der Waals surface area contributed by atoms with Crippen molar-refractivity contribution in [3.05, 3.63) is 133 Å². The smallest absolute Gasteiger partial charge is 0.0867 e. The Morgan fingerprint density at radius 2 is 0.541 bits per heavy atom. The monoisotopic (exact) mass is 1100 g/mol. The molecular weight excluding hydrogens is 993 g/mol. The molecule has 7 heteroatoms. The molecule has 0 N–H and O–H groups in total. The molecule has 0 atom stereocenters. The van der Waals surface area contributed by atoms with Crippen LogP contribution in [0.1, 0.15) is 166 Å². The van der Waals surface area contributed by atoms with Crippen LogP contribution in [0.5, 0.6) is 0 Å². The third kappa shape index (κ3) is 15.5. The van der Waals surface area contributed by atoms with Gasteiger partial charge in [0.25, 0.3) is 0 Å². The maximum Gasteiger partial charge on any atom is 0.0867 e. The van der Waals surface area contributed by atoms with Gasteiger partial charge in [-0.15, -0.1) is 0 Å². The highest BCUT2D eigenvalue weighted by molar-refractivity contribution is 7.84. The summed E-state index contributed by atoms with van der Waals surface area (Å²) in [6.07, 6.45) is 15.4. The first-order valence-electron chi connectivity index (χ1n) is 30.9. The number of benzene rings is 5. The molecule has 0 aromatic heterocycles. The number of rotatable bonds is 36. The molecule has 1 nitrogen and oxygen atoms in total. The number of hydrogen-bond acceptors (Lipinski definition) is 1. The first-order valence-corrected chi connectivity index (χ1v) is 44.0. The Hall–Kier alpha value is -2.21. The second-order valence-electron chi connectivity index (χ2n) is 23.0. The summed E-state index contributed by atoms with van der Waals surface area (Å²) in [6.45, 7) is 30.3. The molecule has 406 valence electrons. The summed E-state index contributed by atoms with van der Waals surface area (Å²) in [4.78, 5) is 0. The third-order valence-electron chi connectivity index (χ3n) is 17.2. The van der Waals surface area contributed by atoms with E-state index in [0.29, 0.717) is 0 Å². The molecular formula is C67H107NP2Si4. The molecule has 0 saturated carbocycles. The minimum atomic E-state index is -1.77. The summed E-state index contributed by atoms with van der Waals surface area (Å²) in [5.74, 6) is 0. The van der Waals surface area contributed by atoms with Crippen molar-refractivity contribution in [3.8, 4) is 0 Å². The van der Waals surface area contributed by atoms with Crippen molar-refractivity contribution in [2.75, 3.05) is 0 Å². The quantitative estimate of drug-likeness (QED) is 0.0285. The number of nitrogens with zero attached hydrogens (tertiary/aromatic N) is 1. The third-order valence-corrected chi connectivity index (χ3v) is 46.3. The Bertz CT molecular complexity index is 2110. The SMILES string of the molecule is CCC[Si](CCC)(CCC)c1ccc(P(c2ccc([Si](CCC)(CCC)CCC)cc2)N(Cc2ccccc2)P(c2cccc([Si](CCC)(CCC)CCC)c2)c2cccc([Si](CCC)(CCC)CCC)c2)cc1. The van der Waals surface area contributed by atoms with Crippen molar-refractivity contribution in [2.45, 2.75) is 239 Å². The maximum atomic E-state index is 3.14. The van der Waals surface area contributed by atoms with E-state index in [2.05, 4.69) is 215 Å². The molecule has 0 unspecified atom stereocenters. The lowest BCUT2D eigenvalue weighted by Gasteiger charge is -2.41. The Kier molecular flexibility index (Phi) is 27.1. The van der Waals surface area contributed by atoms with Crippen LogP contribution in [0.4, 0.5) is 0 Å². The van der Waals surface area contributed by atoms with Crippen LogP contribution in [0.2, 0.25) is 72.5 Å². The van der Waals surface area contributed by atoms with Gasteiger partial charge in [0.05, 0.1) is 32.3 Å². The number of hydrogen-bond donors (Lipinski definition) is 0. The molecule has 0 bridgehead atoms. The summed E-state index contributed by atoms with van der Waals surface area (Å²) in [7, 11) is -8.79. The average Bonchev–Trinajstić information content (AvgIpc) is 3.40. The summed E-state index contributed by atoms with van der Waals surface area (Å²) in [6, 6.07) is 70.9. The van der Waals surface area contributed by atoms with E-state index in [9.17, 15) is 0 Å². The van der Waals surface area contributed by atoms with E-state index in [1.165, 1.54) is 166 Å². The molecule has 0 spiro atoms. The molecule has 0 heterocycles. The molecule has 0 aliphatic rings. The van der Waals surface area contributed by atoms with E-state index in [-0.39, 0.29) is 0 Å². The highest BCUT2D eigenvalue weighted by atomic mass is 31.2. The van der Waals surface area contributed by atoms with Crippen LogP contribution in [0.25, 0.3) is 0 Å². The van der Waals surface area contributed by atoms with Crippen LogP contribution in [0, 0.1) is 0 Å². The van der Waals surface area contributed by atoms with Crippen molar-refractivity contribution in [3.63, 3.8) is 0 Å². The van der Waals surface area contributed by atoms with Gasteiger partial charge in [0.2, 0.25) is 0 Å². The fourth-order valence-electron chi connectivity index (χ4n) is 14.6. The maximum absolute atomic E-state index is 3.14. The first kappa shape index (κ1) is 62.6. The second kappa shape index (κ2) is 32.0. The van der Waals surface area contributed by atoms with Gasteiger partial charge in [-0.2, -0.15) is 0 Å². The van der Waals surface area contributed by atoms with Crippen LogP contribution in [-0.4, -0.2) is 36.7 Å². The minimum absolute atomic E-state index is 0.916. The van der Waals surface area contributed by atoms with E-state index in [1.54, 1.807) is 31.4 Å². The van der Waals surface area contributed by atoms with Gasteiger partial charge in [-0.3, -0.25) is 0 Å². The molecule has 5 aromatic carbocycles. The molecule has 74 heavy (non-hydrogen) atoms. The standard InChI is InChI=1S/C67H107NP2Si4/c1-13-44-71(45-14-2,46-15-3)64-40-36-60(37-41-64)69(61-38-42-65(43-39-61)72(47-16-4,48-17-5)49-18-6)68(58-59-30-26-25-27-31-59)70(62-32-28-34-66(56-62)73(50-19-7,51-20-8)52-21-9)63-33-29-35-67(57-63)74(53-22-10,54-23-11)55-24-12/h25-43,56-57H,13-24,44-55,58H2,1-12H3. The molecule has 0 fully saturated rings. The van der Waals surface area contributed by atoms with Gasteiger partial charge in [-0.25, -0.2) is 4.44 Å². The first-order chi connectivity index (χ1) is 36.0. The molecule has 5 rings (SSSR count). The largest absolute Gasteiger partial charge is 0.240 e. The Morgan fingerprint density at radius 3 is 0.824 bits per heavy atom. The van der Waals surface area contributed by atoms with Crippen LogP contribution in [0.15, 0.2) is 127 Å². The van der Waals surface area contributed by atoms with Gasteiger partial charge < -0.3 is 0 Å².